The van der Waals surface area contributed by atoms with E-state index in [4.69, 9.17) is 0 Å². The topological polar surface area (TPSA) is 41.1 Å². The van der Waals surface area contributed by atoms with E-state index in [9.17, 15) is 4.79 Å². The van der Waals surface area contributed by atoms with Crippen LogP contribution in [0, 0.1) is 5.92 Å². The van der Waals surface area contributed by atoms with Crippen LogP contribution in [0.25, 0.3) is 0 Å². The molecule has 1 atom stereocenters. The molecule has 1 fully saturated rings. The Bertz CT molecular complexity index is 211. The monoisotopic (exact) mass is 248 g/mol. The zero-order chi connectivity index (χ0) is 11.3. The maximum atomic E-state index is 12.0. The number of carbonyl (C=O) groups is 1. The van der Waals surface area contributed by atoms with Crippen molar-refractivity contribution in [2.45, 2.75) is 52.0 Å². The average molecular weight is 249 g/mol. The molecule has 0 aromatic carbocycles. The van der Waals surface area contributed by atoms with Gasteiger partial charge < -0.3 is 10.6 Å². The van der Waals surface area contributed by atoms with Crippen molar-refractivity contribution in [2.24, 2.45) is 5.92 Å². The summed E-state index contributed by atoms with van der Waals surface area (Å²) in [5.41, 5.74) is -0.0193. The van der Waals surface area contributed by atoms with Crippen LogP contribution in [0.5, 0.6) is 0 Å². The van der Waals surface area contributed by atoms with Gasteiger partial charge in [-0.2, -0.15) is 0 Å². The van der Waals surface area contributed by atoms with E-state index in [0.29, 0.717) is 0 Å². The number of piperidine rings is 1. The Balaban J connectivity index is 0.00000225. The maximum Gasteiger partial charge on any atom is 0.224 e. The molecule has 0 bridgehead atoms. The van der Waals surface area contributed by atoms with Crippen LogP contribution >= 0.6 is 12.4 Å². The van der Waals surface area contributed by atoms with Gasteiger partial charge in [0.25, 0.3) is 0 Å². The second-order valence-corrected chi connectivity index (χ2v) is 4.80. The van der Waals surface area contributed by atoms with Gasteiger partial charge in [0.2, 0.25) is 5.91 Å². The molecule has 1 aliphatic heterocycles. The molecule has 0 radical (unpaired) electrons. The molecular weight excluding hydrogens is 224 g/mol. The fourth-order valence-electron chi connectivity index (χ4n) is 1.90. The first kappa shape index (κ1) is 15.7. The lowest BCUT2D eigenvalue weighted by Crippen LogP contribution is -2.50. The Morgan fingerprint density at radius 2 is 2.06 bits per heavy atom. The minimum atomic E-state index is -0.0193. The lowest BCUT2D eigenvalue weighted by molar-refractivity contribution is -0.127. The Morgan fingerprint density at radius 3 is 2.50 bits per heavy atom. The van der Waals surface area contributed by atoms with Crippen LogP contribution in [-0.4, -0.2) is 24.5 Å². The van der Waals surface area contributed by atoms with Crippen LogP contribution in [0.3, 0.4) is 0 Å². The quantitative estimate of drug-likeness (QED) is 0.800. The summed E-state index contributed by atoms with van der Waals surface area (Å²) in [4.78, 5) is 12.0. The van der Waals surface area contributed by atoms with Gasteiger partial charge in [-0.05, 0) is 39.2 Å². The Labute approximate surface area is 105 Å². The number of hydrogen-bond donors (Lipinski definition) is 2. The number of amides is 1. The zero-order valence-corrected chi connectivity index (χ0v) is 11.5. The van der Waals surface area contributed by atoms with Crippen molar-refractivity contribution < 1.29 is 4.79 Å². The lowest BCUT2D eigenvalue weighted by Gasteiger charge is -2.31. The third-order valence-corrected chi connectivity index (χ3v) is 3.65. The molecule has 0 aliphatic carbocycles. The number of rotatable bonds is 4. The van der Waals surface area contributed by atoms with Crippen molar-refractivity contribution in [1.82, 2.24) is 10.6 Å². The smallest absolute Gasteiger partial charge is 0.224 e. The Kier molecular flexibility index (Phi) is 7.00. The van der Waals surface area contributed by atoms with Crippen LogP contribution < -0.4 is 10.6 Å². The molecule has 0 saturated carbocycles. The second kappa shape index (κ2) is 7.13. The van der Waals surface area contributed by atoms with Gasteiger partial charge in [0, 0.05) is 12.1 Å². The van der Waals surface area contributed by atoms with E-state index in [1.165, 1.54) is 0 Å². The fraction of sp³-hybridized carbons (Fsp3) is 0.917. The summed E-state index contributed by atoms with van der Waals surface area (Å²) in [7, 11) is 0. The van der Waals surface area contributed by atoms with Gasteiger partial charge in [-0.15, -0.1) is 12.4 Å². The van der Waals surface area contributed by atoms with Crippen LogP contribution in [0.4, 0.5) is 0 Å². The predicted molar refractivity (Wildman–Crippen MR) is 70.0 cm³/mol. The van der Waals surface area contributed by atoms with Gasteiger partial charge in [-0.3, -0.25) is 4.79 Å². The van der Waals surface area contributed by atoms with Crippen molar-refractivity contribution in [3.8, 4) is 0 Å². The van der Waals surface area contributed by atoms with E-state index in [0.717, 1.165) is 38.8 Å². The first-order valence-electron chi connectivity index (χ1n) is 6.14. The van der Waals surface area contributed by atoms with E-state index in [1.807, 2.05) is 0 Å². The van der Waals surface area contributed by atoms with Gasteiger partial charge in [0.1, 0.15) is 0 Å². The highest BCUT2D eigenvalue weighted by Crippen LogP contribution is 2.17. The third kappa shape index (κ3) is 4.30. The fourth-order valence-corrected chi connectivity index (χ4v) is 1.90. The Morgan fingerprint density at radius 1 is 1.44 bits per heavy atom. The first-order valence-corrected chi connectivity index (χ1v) is 6.14. The van der Waals surface area contributed by atoms with Gasteiger partial charge >= 0.3 is 0 Å². The maximum absolute atomic E-state index is 12.0. The van der Waals surface area contributed by atoms with Gasteiger partial charge in [-0.25, -0.2) is 0 Å². The summed E-state index contributed by atoms with van der Waals surface area (Å²) in [5.74, 6) is 0.407. The minimum Gasteiger partial charge on any atom is -0.351 e. The molecule has 1 rings (SSSR count). The van der Waals surface area contributed by atoms with Crippen LogP contribution in [0.2, 0.25) is 0 Å². The van der Waals surface area contributed by atoms with Crippen molar-refractivity contribution in [1.29, 1.82) is 0 Å². The highest BCUT2D eigenvalue weighted by Gasteiger charge is 2.27. The number of hydrogen-bond acceptors (Lipinski definition) is 2. The van der Waals surface area contributed by atoms with Crippen LogP contribution in [0.1, 0.15) is 46.5 Å². The van der Waals surface area contributed by atoms with Gasteiger partial charge in [-0.1, -0.05) is 13.8 Å². The standard InChI is InChI=1S/C12H24N2O.ClH/c1-4-12(3,5-2)14-11(15)10-7-6-8-13-9-10;/h10,13H,4-9H2,1-3H3,(H,14,15);1H. The van der Waals surface area contributed by atoms with E-state index in [-0.39, 0.29) is 29.8 Å². The molecule has 1 unspecified atom stereocenters. The molecule has 0 aromatic heterocycles. The molecule has 96 valence electrons. The highest BCUT2D eigenvalue weighted by atomic mass is 35.5. The SMILES string of the molecule is CCC(C)(CC)NC(=O)C1CCCNC1.Cl. The largest absolute Gasteiger partial charge is 0.351 e. The molecule has 3 nitrogen and oxygen atoms in total. The predicted octanol–water partition coefficient (Wildman–Crippen LogP) is 2.10. The van der Waals surface area contributed by atoms with Gasteiger partial charge in [0.15, 0.2) is 0 Å². The number of carbonyl (C=O) groups excluding carboxylic acids is 1. The van der Waals surface area contributed by atoms with Crippen LogP contribution in [-0.2, 0) is 4.79 Å². The molecule has 1 saturated heterocycles. The van der Waals surface area contributed by atoms with E-state index in [2.05, 4.69) is 31.4 Å². The molecule has 16 heavy (non-hydrogen) atoms. The second-order valence-electron chi connectivity index (χ2n) is 4.80. The van der Waals surface area contributed by atoms with E-state index in [1.54, 1.807) is 0 Å². The molecular formula is C12H25ClN2O. The lowest BCUT2D eigenvalue weighted by atomic mass is 9.92. The van der Waals surface area contributed by atoms with Crippen LogP contribution in [0.15, 0.2) is 0 Å². The van der Waals surface area contributed by atoms with Crippen molar-refractivity contribution >= 4 is 18.3 Å². The van der Waals surface area contributed by atoms with Gasteiger partial charge in [0.05, 0.1) is 5.92 Å². The average Bonchev–Trinajstić information content (AvgIpc) is 2.30. The zero-order valence-electron chi connectivity index (χ0n) is 10.6. The number of halogens is 1. The van der Waals surface area contributed by atoms with Crippen molar-refractivity contribution in [2.75, 3.05) is 13.1 Å². The van der Waals surface area contributed by atoms with Crippen molar-refractivity contribution in [3.05, 3.63) is 0 Å². The summed E-state index contributed by atoms with van der Waals surface area (Å²) in [6, 6.07) is 0. The molecule has 0 aromatic rings. The summed E-state index contributed by atoms with van der Waals surface area (Å²) < 4.78 is 0. The first-order chi connectivity index (χ1) is 7.11. The van der Waals surface area contributed by atoms with Crippen molar-refractivity contribution in [3.63, 3.8) is 0 Å². The Hall–Kier alpha value is -0.280. The van der Waals surface area contributed by atoms with E-state index < -0.39 is 0 Å². The molecule has 2 N–H and O–H groups in total. The molecule has 1 heterocycles. The minimum absolute atomic E-state index is 0. The molecule has 0 spiro atoms. The summed E-state index contributed by atoms with van der Waals surface area (Å²) >= 11 is 0. The molecule has 4 heteroatoms. The number of nitrogens with one attached hydrogen (secondary N) is 2. The summed E-state index contributed by atoms with van der Waals surface area (Å²) in [6.45, 7) is 8.28. The summed E-state index contributed by atoms with van der Waals surface area (Å²) in [5, 5.41) is 6.46. The summed E-state index contributed by atoms with van der Waals surface area (Å²) in [6.07, 6.45) is 4.14. The highest BCUT2D eigenvalue weighted by molar-refractivity contribution is 5.85. The molecule has 1 amide bonds. The third-order valence-electron chi connectivity index (χ3n) is 3.65. The normalized spacial score (nSPS) is 21.1. The molecule has 1 aliphatic rings. The van der Waals surface area contributed by atoms with E-state index >= 15 is 0 Å².